The fourth-order valence-corrected chi connectivity index (χ4v) is 4.71. The Morgan fingerprint density at radius 1 is 1.17 bits per heavy atom. The van der Waals surface area contributed by atoms with Gasteiger partial charge < -0.3 is 14.4 Å². The van der Waals surface area contributed by atoms with Gasteiger partial charge in [-0.3, -0.25) is 24.4 Å². The summed E-state index contributed by atoms with van der Waals surface area (Å²) in [4.78, 5) is 37.8. The van der Waals surface area contributed by atoms with Gasteiger partial charge in [0.15, 0.2) is 11.5 Å². The van der Waals surface area contributed by atoms with Gasteiger partial charge in [0, 0.05) is 30.3 Å². The summed E-state index contributed by atoms with van der Waals surface area (Å²) in [5.74, 6) is -0.922. The van der Waals surface area contributed by atoms with Crippen LogP contribution in [-0.4, -0.2) is 45.2 Å². The van der Waals surface area contributed by atoms with Gasteiger partial charge in [-0.05, 0) is 47.9 Å². The Balaban J connectivity index is 1.48. The van der Waals surface area contributed by atoms with Crippen LogP contribution in [0, 0.1) is 0 Å². The third-order valence-corrected chi connectivity index (χ3v) is 6.30. The van der Waals surface area contributed by atoms with Gasteiger partial charge in [0.2, 0.25) is 12.3 Å². The van der Waals surface area contributed by atoms with Gasteiger partial charge in [-0.25, -0.2) is 0 Å². The first-order chi connectivity index (χ1) is 17.2. The van der Waals surface area contributed by atoms with Crippen molar-refractivity contribution in [1.29, 1.82) is 0 Å². The molecule has 11 heteroatoms. The van der Waals surface area contributed by atoms with Crippen LogP contribution in [-0.2, 0) is 23.2 Å². The molecule has 0 radical (unpaired) electrons. The van der Waals surface area contributed by atoms with Crippen LogP contribution in [0.2, 0.25) is 0 Å². The predicted octanol–water partition coefficient (Wildman–Crippen LogP) is 3.47. The molecular formula is C25H22F2N4O5. The van der Waals surface area contributed by atoms with Crippen molar-refractivity contribution in [2.45, 2.75) is 38.6 Å². The van der Waals surface area contributed by atoms with E-state index in [1.807, 2.05) is 13.0 Å². The molecule has 186 valence electrons. The van der Waals surface area contributed by atoms with Crippen molar-refractivity contribution in [1.82, 2.24) is 20.0 Å². The molecule has 0 spiro atoms. The van der Waals surface area contributed by atoms with E-state index in [9.17, 15) is 23.2 Å². The summed E-state index contributed by atoms with van der Waals surface area (Å²) in [5.41, 5.74) is 3.95. The molecular weight excluding hydrogens is 474 g/mol. The number of aromatic nitrogens is 2. The van der Waals surface area contributed by atoms with Crippen molar-refractivity contribution < 1.29 is 32.6 Å². The second-order valence-corrected chi connectivity index (χ2v) is 8.60. The summed E-state index contributed by atoms with van der Waals surface area (Å²) < 4.78 is 37.7. The van der Waals surface area contributed by atoms with Gasteiger partial charge in [-0.15, -0.1) is 8.78 Å². The number of imide groups is 1. The van der Waals surface area contributed by atoms with E-state index >= 15 is 0 Å². The fourth-order valence-electron chi connectivity index (χ4n) is 4.71. The first-order valence-corrected chi connectivity index (χ1v) is 11.3. The third-order valence-electron chi connectivity index (χ3n) is 6.30. The van der Waals surface area contributed by atoms with Crippen LogP contribution in [0.15, 0.2) is 42.6 Å². The van der Waals surface area contributed by atoms with Crippen molar-refractivity contribution >= 4 is 18.2 Å². The molecule has 2 aromatic carbocycles. The number of fused-ring (bicyclic) bond motifs is 2. The maximum Gasteiger partial charge on any atom is 0.586 e. The summed E-state index contributed by atoms with van der Waals surface area (Å²) in [6.07, 6.45) is -0.669. The number of halogens is 2. The van der Waals surface area contributed by atoms with Gasteiger partial charge in [-0.2, -0.15) is 5.10 Å². The van der Waals surface area contributed by atoms with Crippen molar-refractivity contribution in [3.63, 3.8) is 0 Å². The average Bonchev–Trinajstić information content (AvgIpc) is 3.48. The largest absolute Gasteiger partial charge is 0.586 e. The molecule has 1 N–H and O–H groups in total. The zero-order valence-electron chi connectivity index (χ0n) is 19.5. The number of hydrogen-bond donors (Lipinski definition) is 1. The Morgan fingerprint density at radius 2 is 1.92 bits per heavy atom. The van der Waals surface area contributed by atoms with Crippen LogP contribution in [0.25, 0.3) is 22.4 Å². The van der Waals surface area contributed by atoms with Gasteiger partial charge >= 0.3 is 6.29 Å². The molecule has 0 bridgehead atoms. The molecule has 5 rings (SSSR count). The van der Waals surface area contributed by atoms with Crippen LogP contribution in [0.1, 0.15) is 35.7 Å². The average molecular weight is 496 g/mol. The second kappa shape index (κ2) is 8.74. The number of carbonyl (C=O) groups is 3. The van der Waals surface area contributed by atoms with Crippen LogP contribution >= 0.6 is 0 Å². The molecule has 0 saturated carbocycles. The highest BCUT2D eigenvalue weighted by molar-refractivity contribution is 6.02. The smallest absolute Gasteiger partial charge is 0.395 e. The van der Waals surface area contributed by atoms with Crippen molar-refractivity contribution in [3.8, 4) is 33.9 Å². The minimum absolute atomic E-state index is 0.0520. The highest BCUT2D eigenvalue weighted by Crippen LogP contribution is 2.44. The summed E-state index contributed by atoms with van der Waals surface area (Å²) >= 11 is 0. The zero-order chi connectivity index (χ0) is 25.6. The lowest BCUT2D eigenvalue weighted by Crippen LogP contribution is -2.46. The second-order valence-electron chi connectivity index (χ2n) is 8.60. The number of alkyl halides is 2. The molecule has 3 aromatic rings. The first-order valence-electron chi connectivity index (χ1n) is 11.3. The third kappa shape index (κ3) is 3.96. The van der Waals surface area contributed by atoms with Crippen molar-refractivity contribution in [2.24, 2.45) is 7.05 Å². The number of amides is 3. The Hall–Kier alpha value is -4.28. The molecule has 0 saturated heterocycles. The number of nitrogens with one attached hydrogen (secondary N) is 1. The van der Waals surface area contributed by atoms with E-state index in [0.717, 1.165) is 16.7 Å². The maximum absolute atomic E-state index is 13.5. The molecule has 3 amide bonds. The molecule has 9 nitrogen and oxygen atoms in total. The van der Waals surface area contributed by atoms with Crippen LogP contribution in [0.3, 0.4) is 0 Å². The van der Waals surface area contributed by atoms with Crippen LogP contribution < -0.4 is 14.8 Å². The Bertz CT molecular complexity index is 1390. The topological polar surface area (TPSA) is 103 Å². The molecule has 1 aromatic heterocycles. The predicted molar refractivity (Wildman–Crippen MR) is 123 cm³/mol. The minimum atomic E-state index is -3.72. The zero-order valence-corrected chi connectivity index (χ0v) is 19.5. The van der Waals surface area contributed by atoms with E-state index in [1.54, 1.807) is 36.1 Å². The fraction of sp³-hybridized carbons (Fsp3) is 0.280. The number of hydrogen-bond acceptors (Lipinski definition) is 6. The standard InChI is InChI=1S/C25H22F2N4O5/c1-3-4-19(23(33)28-13-32)31-12-16-9-14(5-7-17(16)24(31)34)18-11-29-30(2)22(18)15-6-8-20-21(10-15)36-25(26,27)35-20/h5-11,13,19H,3-4,12H2,1-2H3,(H,28,32,33). The van der Waals surface area contributed by atoms with E-state index in [0.29, 0.717) is 36.1 Å². The quantitative estimate of drug-likeness (QED) is 0.503. The lowest BCUT2D eigenvalue weighted by Gasteiger charge is -2.25. The first kappa shape index (κ1) is 23.5. The Labute approximate surface area is 204 Å². The van der Waals surface area contributed by atoms with Gasteiger partial charge in [-0.1, -0.05) is 19.4 Å². The Morgan fingerprint density at radius 3 is 2.67 bits per heavy atom. The van der Waals surface area contributed by atoms with E-state index in [1.165, 1.54) is 17.0 Å². The van der Waals surface area contributed by atoms with Gasteiger partial charge in [0.05, 0.1) is 11.9 Å². The SMILES string of the molecule is CCCC(C(=O)NC=O)N1Cc2cc(-c3cnn(C)c3-c3ccc4c(c3)OC(F)(F)O4)ccc2C1=O. The molecule has 0 aliphatic carbocycles. The maximum atomic E-state index is 13.5. The molecule has 1 atom stereocenters. The van der Waals surface area contributed by atoms with Gasteiger partial charge in [0.25, 0.3) is 5.91 Å². The molecule has 2 aliphatic rings. The number of aryl methyl sites for hydroxylation is 1. The van der Waals surface area contributed by atoms with Crippen LogP contribution in [0.4, 0.5) is 8.78 Å². The van der Waals surface area contributed by atoms with E-state index in [4.69, 9.17) is 0 Å². The number of carbonyl (C=O) groups excluding carboxylic acids is 3. The number of rotatable bonds is 7. The number of ether oxygens (including phenoxy) is 2. The Kier molecular flexibility index (Phi) is 5.70. The summed E-state index contributed by atoms with van der Waals surface area (Å²) in [6, 6.07) is 9.10. The highest BCUT2D eigenvalue weighted by Gasteiger charge is 2.43. The normalized spacial score (nSPS) is 16.1. The summed E-state index contributed by atoms with van der Waals surface area (Å²) in [6.45, 7) is 2.11. The summed E-state index contributed by atoms with van der Waals surface area (Å²) in [5, 5.41) is 6.50. The monoisotopic (exact) mass is 496 g/mol. The summed E-state index contributed by atoms with van der Waals surface area (Å²) in [7, 11) is 1.73. The highest BCUT2D eigenvalue weighted by atomic mass is 19.3. The molecule has 1 unspecified atom stereocenters. The van der Waals surface area contributed by atoms with E-state index < -0.39 is 18.2 Å². The minimum Gasteiger partial charge on any atom is -0.395 e. The van der Waals surface area contributed by atoms with Crippen molar-refractivity contribution in [2.75, 3.05) is 0 Å². The number of benzene rings is 2. The van der Waals surface area contributed by atoms with E-state index in [2.05, 4.69) is 19.9 Å². The molecule has 0 fully saturated rings. The lowest BCUT2D eigenvalue weighted by atomic mass is 9.98. The van der Waals surface area contributed by atoms with Crippen LogP contribution in [0.5, 0.6) is 11.5 Å². The van der Waals surface area contributed by atoms with E-state index in [-0.39, 0.29) is 24.0 Å². The number of nitrogens with zero attached hydrogens (tertiary/aromatic N) is 3. The van der Waals surface area contributed by atoms with Crippen molar-refractivity contribution in [3.05, 3.63) is 53.7 Å². The van der Waals surface area contributed by atoms with Gasteiger partial charge in [0.1, 0.15) is 6.04 Å². The molecule has 36 heavy (non-hydrogen) atoms. The molecule has 2 aliphatic heterocycles. The lowest BCUT2D eigenvalue weighted by molar-refractivity contribution is -0.286. The molecule has 3 heterocycles.